The van der Waals surface area contributed by atoms with E-state index in [1.807, 2.05) is 20.8 Å². The zero-order valence-electron chi connectivity index (χ0n) is 9.57. The van der Waals surface area contributed by atoms with Crippen LogP contribution in [0.2, 0.25) is 5.15 Å². The number of nitrogens with zero attached hydrogens (tertiary/aromatic N) is 2. The van der Waals surface area contributed by atoms with Gasteiger partial charge in [0.15, 0.2) is 0 Å². The summed E-state index contributed by atoms with van der Waals surface area (Å²) in [5, 5.41) is 2.86. The summed E-state index contributed by atoms with van der Waals surface area (Å²) in [6.45, 7) is 5.80. The normalized spacial score (nSPS) is 12.6. The largest absolute Gasteiger partial charge is 0.365 e. The lowest BCUT2D eigenvalue weighted by Crippen LogP contribution is -2.27. The summed E-state index contributed by atoms with van der Waals surface area (Å²) in [6.07, 6.45) is 1.04. The van der Waals surface area contributed by atoms with Crippen molar-refractivity contribution in [3.8, 4) is 0 Å². The van der Waals surface area contributed by atoms with Crippen molar-refractivity contribution in [3.63, 3.8) is 0 Å². The van der Waals surface area contributed by atoms with Crippen LogP contribution in [0.15, 0.2) is 11.2 Å². The lowest BCUT2D eigenvalue weighted by molar-refractivity contribution is 0.590. The maximum atomic E-state index is 11.3. The molecule has 0 saturated heterocycles. The first-order chi connectivity index (χ1) is 7.08. The fourth-order valence-electron chi connectivity index (χ4n) is 1.01. The van der Waals surface area contributed by atoms with E-state index in [1.165, 1.54) is 6.07 Å². The van der Waals surface area contributed by atoms with E-state index in [1.54, 1.807) is 0 Å². The summed E-state index contributed by atoms with van der Waals surface area (Å²) in [6, 6.07) is 1.49. The Bertz CT molecular complexity index is 494. The standard InChI is InChI=1S/C9H14ClN3O2S/c1-9(2,3)13-7-5-6(10)11-8(12-7)16(4,14)15/h5H,1-4H3,(H,11,12,13). The molecule has 0 spiro atoms. The van der Waals surface area contributed by atoms with Gasteiger partial charge in [-0.2, -0.15) is 0 Å². The van der Waals surface area contributed by atoms with Gasteiger partial charge in [-0.25, -0.2) is 18.4 Å². The molecule has 1 N–H and O–H groups in total. The molecule has 0 aliphatic heterocycles. The van der Waals surface area contributed by atoms with Gasteiger partial charge in [0.1, 0.15) is 11.0 Å². The van der Waals surface area contributed by atoms with E-state index in [0.29, 0.717) is 5.82 Å². The Labute approximate surface area is 100 Å². The fourth-order valence-corrected chi connectivity index (χ4v) is 1.77. The average molecular weight is 264 g/mol. The predicted molar refractivity (Wildman–Crippen MR) is 63.5 cm³/mol. The molecule has 1 heterocycles. The summed E-state index contributed by atoms with van der Waals surface area (Å²) >= 11 is 5.73. The second-order valence-corrected chi connectivity index (χ2v) is 6.80. The van der Waals surface area contributed by atoms with E-state index in [9.17, 15) is 8.42 Å². The third-order valence-corrected chi connectivity index (χ3v) is 2.55. The number of nitrogens with one attached hydrogen (secondary N) is 1. The first-order valence-electron chi connectivity index (χ1n) is 4.61. The van der Waals surface area contributed by atoms with Gasteiger partial charge in [0.2, 0.25) is 15.0 Å². The van der Waals surface area contributed by atoms with Gasteiger partial charge in [-0.15, -0.1) is 0 Å². The van der Waals surface area contributed by atoms with Gasteiger partial charge in [-0.3, -0.25) is 0 Å². The van der Waals surface area contributed by atoms with Crippen LogP contribution in [0.5, 0.6) is 0 Å². The average Bonchev–Trinajstić information content (AvgIpc) is 1.97. The van der Waals surface area contributed by atoms with E-state index in [-0.39, 0.29) is 15.8 Å². The van der Waals surface area contributed by atoms with Crippen LogP contribution < -0.4 is 5.32 Å². The van der Waals surface area contributed by atoms with Gasteiger partial charge >= 0.3 is 0 Å². The lowest BCUT2D eigenvalue weighted by Gasteiger charge is -2.21. The SMILES string of the molecule is CC(C)(C)Nc1cc(Cl)nc(S(C)(=O)=O)n1. The summed E-state index contributed by atoms with van der Waals surface area (Å²) in [7, 11) is -3.45. The molecule has 7 heteroatoms. The molecule has 1 rings (SSSR count). The number of sulfone groups is 1. The minimum Gasteiger partial charge on any atom is -0.365 e. The Balaban J connectivity index is 3.19. The zero-order chi connectivity index (χ0) is 12.6. The second-order valence-electron chi connectivity index (χ2n) is 4.51. The fraction of sp³-hybridized carbons (Fsp3) is 0.556. The van der Waals surface area contributed by atoms with E-state index >= 15 is 0 Å². The summed E-state index contributed by atoms with van der Waals surface area (Å²) in [5.41, 5.74) is -0.230. The predicted octanol–water partition coefficient (Wildman–Crippen LogP) is 1.74. The Morgan fingerprint density at radius 1 is 1.31 bits per heavy atom. The van der Waals surface area contributed by atoms with Gasteiger partial charge in [0.05, 0.1) is 0 Å². The van der Waals surface area contributed by atoms with Crippen LogP contribution in [0.25, 0.3) is 0 Å². The first-order valence-corrected chi connectivity index (χ1v) is 6.88. The number of halogens is 1. The van der Waals surface area contributed by atoms with Crippen molar-refractivity contribution >= 4 is 27.3 Å². The molecule has 1 aromatic rings. The minimum atomic E-state index is -3.45. The Kier molecular flexibility index (Phi) is 3.44. The van der Waals surface area contributed by atoms with Crippen LogP contribution in [0.4, 0.5) is 5.82 Å². The molecule has 0 fully saturated rings. The molecule has 16 heavy (non-hydrogen) atoms. The number of hydrogen-bond acceptors (Lipinski definition) is 5. The molecular weight excluding hydrogens is 250 g/mol. The lowest BCUT2D eigenvalue weighted by atomic mass is 10.1. The number of hydrogen-bond donors (Lipinski definition) is 1. The second kappa shape index (κ2) is 4.18. The van der Waals surface area contributed by atoms with Crippen LogP contribution in [-0.4, -0.2) is 30.2 Å². The molecule has 0 aliphatic rings. The highest BCUT2D eigenvalue weighted by molar-refractivity contribution is 7.90. The van der Waals surface area contributed by atoms with Gasteiger partial charge in [-0.05, 0) is 20.8 Å². The monoisotopic (exact) mass is 263 g/mol. The van der Waals surface area contributed by atoms with Crippen LogP contribution >= 0.6 is 11.6 Å². The minimum absolute atomic E-state index is 0.0992. The number of anilines is 1. The van der Waals surface area contributed by atoms with E-state index < -0.39 is 9.84 Å². The van der Waals surface area contributed by atoms with Crippen molar-refractivity contribution in [2.45, 2.75) is 31.5 Å². The van der Waals surface area contributed by atoms with Crippen molar-refractivity contribution in [3.05, 3.63) is 11.2 Å². The highest BCUT2D eigenvalue weighted by atomic mass is 35.5. The molecule has 0 aliphatic carbocycles. The summed E-state index contributed by atoms with van der Waals surface area (Å²) in [4.78, 5) is 7.56. The maximum absolute atomic E-state index is 11.3. The molecular formula is C9H14ClN3O2S. The van der Waals surface area contributed by atoms with E-state index in [4.69, 9.17) is 11.6 Å². The smallest absolute Gasteiger partial charge is 0.250 e. The molecule has 0 amide bonds. The van der Waals surface area contributed by atoms with E-state index in [0.717, 1.165) is 6.26 Å². The van der Waals surface area contributed by atoms with Gasteiger partial charge in [-0.1, -0.05) is 11.6 Å². The molecule has 0 aromatic carbocycles. The maximum Gasteiger partial charge on any atom is 0.250 e. The third-order valence-electron chi connectivity index (χ3n) is 1.51. The molecule has 5 nitrogen and oxygen atoms in total. The topological polar surface area (TPSA) is 72.0 Å². The molecule has 90 valence electrons. The number of aromatic nitrogens is 2. The van der Waals surface area contributed by atoms with Crippen LogP contribution in [0.3, 0.4) is 0 Å². The first kappa shape index (κ1) is 13.2. The van der Waals surface area contributed by atoms with Crippen molar-refractivity contribution in [2.75, 3.05) is 11.6 Å². The third kappa shape index (κ3) is 3.94. The Morgan fingerprint density at radius 3 is 2.31 bits per heavy atom. The number of rotatable bonds is 2. The van der Waals surface area contributed by atoms with Gasteiger partial charge in [0, 0.05) is 17.9 Å². The Morgan fingerprint density at radius 2 is 1.88 bits per heavy atom. The van der Waals surface area contributed by atoms with Crippen molar-refractivity contribution < 1.29 is 8.42 Å². The van der Waals surface area contributed by atoms with Crippen molar-refractivity contribution in [1.29, 1.82) is 0 Å². The summed E-state index contributed by atoms with van der Waals surface area (Å²) in [5.74, 6) is 0.396. The Hall–Kier alpha value is -0.880. The molecule has 0 atom stereocenters. The van der Waals surface area contributed by atoms with E-state index in [2.05, 4.69) is 15.3 Å². The van der Waals surface area contributed by atoms with Crippen LogP contribution in [-0.2, 0) is 9.84 Å². The van der Waals surface area contributed by atoms with Crippen LogP contribution in [0.1, 0.15) is 20.8 Å². The zero-order valence-corrected chi connectivity index (χ0v) is 11.1. The van der Waals surface area contributed by atoms with Gasteiger partial charge in [0.25, 0.3) is 0 Å². The molecule has 0 radical (unpaired) electrons. The molecule has 0 unspecified atom stereocenters. The molecule has 1 aromatic heterocycles. The van der Waals surface area contributed by atoms with Crippen molar-refractivity contribution in [1.82, 2.24) is 9.97 Å². The highest BCUT2D eigenvalue weighted by Crippen LogP contribution is 2.17. The van der Waals surface area contributed by atoms with Crippen LogP contribution in [0, 0.1) is 0 Å². The highest BCUT2D eigenvalue weighted by Gasteiger charge is 2.16. The quantitative estimate of drug-likeness (QED) is 0.650. The molecule has 0 bridgehead atoms. The summed E-state index contributed by atoms with van der Waals surface area (Å²) < 4.78 is 22.6. The molecule has 0 saturated carbocycles. The van der Waals surface area contributed by atoms with Crippen molar-refractivity contribution in [2.24, 2.45) is 0 Å². The van der Waals surface area contributed by atoms with Gasteiger partial charge < -0.3 is 5.32 Å².